The Bertz CT molecular complexity index is 1590. The van der Waals surface area contributed by atoms with Crippen molar-refractivity contribution in [3.63, 3.8) is 0 Å². The molecule has 1 unspecified atom stereocenters. The highest BCUT2D eigenvalue weighted by molar-refractivity contribution is 7.89. The lowest BCUT2D eigenvalue weighted by Gasteiger charge is -2.40. The number of hydrogen-bond acceptors (Lipinski definition) is 4. The summed E-state index contributed by atoms with van der Waals surface area (Å²) in [5.41, 5.74) is 4.67. The van der Waals surface area contributed by atoms with Gasteiger partial charge in [-0.15, -0.1) is 0 Å². The van der Waals surface area contributed by atoms with Gasteiger partial charge in [0, 0.05) is 29.7 Å². The average molecular weight is 632 g/mol. The number of fused-ring (bicyclic) bond motifs is 3. The van der Waals surface area contributed by atoms with E-state index in [1.54, 1.807) is 19.2 Å². The Labute approximate surface area is 256 Å². The molecule has 218 valence electrons. The van der Waals surface area contributed by atoms with Crippen LogP contribution < -0.4 is 0 Å². The van der Waals surface area contributed by atoms with E-state index < -0.39 is 20.8 Å². The second kappa shape index (κ2) is 11.7. The lowest BCUT2D eigenvalue weighted by Crippen LogP contribution is -2.44. The van der Waals surface area contributed by atoms with Crippen LogP contribution in [0.4, 0.5) is 0 Å². The molecule has 9 heteroatoms. The highest BCUT2D eigenvalue weighted by Crippen LogP contribution is 2.45. The molecule has 41 heavy (non-hydrogen) atoms. The van der Waals surface area contributed by atoms with Gasteiger partial charge in [0.15, 0.2) is 0 Å². The van der Waals surface area contributed by atoms with Crippen LogP contribution in [0.2, 0.25) is 10.0 Å². The normalized spacial score (nSPS) is 20.8. The molecule has 3 aromatic carbocycles. The molecule has 0 radical (unpaired) electrons. The molecule has 6 rings (SSSR count). The van der Waals surface area contributed by atoms with Gasteiger partial charge in [-0.1, -0.05) is 53.5 Å². The van der Waals surface area contributed by atoms with Gasteiger partial charge >= 0.3 is 0 Å². The maximum absolute atomic E-state index is 13.6. The smallest absolute Gasteiger partial charge is 0.242 e. The van der Waals surface area contributed by atoms with Crippen molar-refractivity contribution in [1.29, 1.82) is 0 Å². The molecule has 1 spiro atoms. The van der Waals surface area contributed by atoms with Crippen LogP contribution in [-0.2, 0) is 39.1 Å². The first-order chi connectivity index (χ1) is 19.7. The minimum atomic E-state index is -3.64. The predicted octanol–water partition coefficient (Wildman–Crippen LogP) is 6.43. The number of sulfonamides is 1. The number of halogens is 2. The summed E-state index contributed by atoms with van der Waals surface area (Å²) in [6, 6.07) is 19.4. The van der Waals surface area contributed by atoms with Crippen LogP contribution >= 0.6 is 23.2 Å². The second-order valence-electron chi connectivity index (χ2n) is 11.8. The van der Waals surface area contributed by atoms with E-state index >= 15 is 0 Å². The summed E-state index contributed by atoms with van der Waals surface area (Å²) in [6.07, 6.45) is 5.80. The number of benzene rings is 3. The largest absolute Gasteiger partial charge is 0.303 e. The Balaban J connectivity index is 1.16. The van der Waals surface area contributed by atoms with Crippen LogP contribution in [0.25, 0.3) is 0 Å². The first-order valence-electron chi connectivity index (χ1n) is 14.4. The Morgan fingerprint density at radius 1 is 0.976 bits per heavy atom. The van der Waals surface area contributed by atoms with Crippen molar-refractivity contribution in [2.24, 2.45) is 0 Å². The van der Waals surface area contributed by atoms with Crippen molar-refractivity contribution >= 4 is 44.0 Å². The van der Waals surface area contributed by atoms with Gasteiger partial charge in [-0.05, 0) is 117 Å². The van der Waals surface area contributed by atoms with Crippen LogP contribution in [0, 0.1) is 0 Å². The minimum absolute atomic E-state index is 0.00518. The van der Waals surface area contributed by atoms with Crippen LogP contribution in [0.3, 0.4) is 0 Å². The van der Waals surface area contributed by atoms with Gasteiger partial charge in [-0.25, -0.2) is 12.7 Å². The van der Waals surface area contributed by atoms with E-state index in [0.29, 0.717) is 21.5 Å². The number of aryl methyl sites for hydroxylation is 2. The summed E-state index contributed by atoms with van der Waals surface area (Å²) in [4.78, 5) is 3.84. The summed E-state index contributed by atoms with van der Waals surface area (Å²) in [7, 11) is -2.89. The zero-order valence-electron chi connectivity index (χ0n) is 23.3. The SMILES string of the molecule is CN(C[C@@H](CCN1CCC2(CC1)CS(=O)c1ccccc12)c1ccc(Cl)c(Cl)c1)S(=O)(=O)c1ccc2c(c1)CCC2. The van der Waals surface area contributed by atoms with E-state index in [0.717, 1.165) is 79.9 Å². The van der Waals surface area contributed by atoms with Gasteiger partial charge in [0.05, 0.1) is 25.7 Å². The average Bonchev–Trinajstić information content (AvgIpc) is 3.55. The van der Waals surface area contributed by atoms with Crippen molar-refractivity contribution in [3.8, 4) is 0 Å². The molecule has 2 heterocycles. The van der Waals surface area contributed by atoms with Crippen molar-refractivity contribution in [2.75, 3.05) is 39.0 Å². The van der Waals surface area contributed by atoms with Gasteiger partial charge < -0.3 is 4.90 Å². The summed E-state index contributed by atoms with van der Waals surface area (Å²) in [6.45, 7) is 3.06. The van der Waals surface area contributed by atoms with Crippen LogP contribution in [0.5, 0.6) is 0 Å². The number of likely N-dealkylation sites (N-methyl/N-ethyl adjacent to an activating group) is 1. The Kier molecular flexibility index (Phi) is 8.40. The van der Waals surface area contributed by atoms with Gasteiger partial charge in [-0.2, -0.15) is 0 Å². The molecular weight excluding hydrogens is 595 g/mol. The van der Waals surface area contributed by atoms with Crippen molar-refractivity contribution in [2.45, 2.75) is 59.6 Å². The third kappa shape index (κ3) is 5.78. The maximum atomic E-state index is 13.6. The molecule has 2 aliphatic heterocycles. The number of piperidine rings is 1. The molecule has 2 atom stereocenters. The molecule has 3 aliphatic rings. The van der Waals surface area contributed by atoms with E-state index in [2.05, 4.69) is 17.0 Å². The van der Waals surface area contributed by atoms with E-state index in [4.69, 9.17) is 23.2 Å². The summed E-state index contributed by atoms with van der Waals surface area (Å²) in [5.74, 6) is 0.673. The molecule has 1 aliphatic carbocycles. The zero-order valence-corrected chi connectivity index (χ0v) is 26.5. The zero-order chi connectivity index (χ0) is 28.8. The van der Waals surface area contributed by atoms with Gasteiger partial charge in [0.2, 0.25) is 10.0 Å². The van der Waals surface area contributed by atoms with Crippen LogP contribution in [0.1, 0.15) is 53.9 Å². The Morgan fingerprint density at radius 2 is 1.73 bits per heavy atom. The first-order valence-corrected chi connectivity index (χ1v) is 17.9. The Hall–Kier alpha value is -1.74. The molecule has 3 aromatic rings. The van der Waals surface area contributed by atoms with Gasteiger partial charge in [-0.3, -0.25) is 4.21 Å². The fraction of sp³-hybridized carbons (Fsp3) is 0.438. The quantitative estimate of drug-likeness (QED) is 0.288. The third-order valence-electron chi connectivity index (χ3n) is 9.39. The monoisotopic (exact) mass is 630 g/mol. The van der Waals surface area contributed by atoms with Crippen molar-refractivity contribution in [3.05, 3.63) is 93.0 Å². The third-order valence-corrected chi connectivity index (χ3v) is 13.6. The number of hydrogen-bond donors (Lipinski definition) is 0. The molecule has 0 aromatic heterocycles. The molecule has 1 fully saturated rings. The minimum Gasteiger partial charge on any atom is -0.303 e. The molecule has 5 nitrogen and oxygen atoms in total. The van der Waals surface area contributed by atoms with E-state index in [1.165, 1.54) is 15.4 Å². The number of likely N-dealkylation sites (tertiary alicyclic amines) is 1. The van der Waals surface area contributed by atoms with E-state index in [1.807, 2.05) is 36.4 Å². The van der Waals surface area contributed by atoms with Crippen LogP contribution in [0.15, 0.2) is 70.5 Å². The fourth-order valence-corrected chi connectivity index (χ4v) is 10.3. The summed E-state index contributed by atoms with van der Waals surface area (Å²) < 4.78 is 41.6. The highest BCUT2D eigenvalue weighted by atomic mass is 35.5. The molecule has 0 bridgehead atoms. The van der Waals surface area contributed by atoms with E-state index in [-0.39, 0.29) is 11.3 Å². The lowest BCUT2D eigenvalue weighted by molar-refractivity contribution is 0.165. The standard InChI is InChI=1S/C32H36Cl2N2O3S2/c1-35(41(38,39)27-11-9-23-5-4-6-24(23)19-27)21-26(25-10-12-29(33)30(34)20-25)13-16-36-17-14-32(15-18-36)22-40(37)31-8-3-2-7-28(31)32/h2-3,7-12,19-20,26H,4-6,13-18,21-22H2,1H3/t26-,40?/m1/s1. The van der Waals surface area contributed by atoms with Crippen molar-refractivity contribution in [1.82, 2.24) is 9.21 Å². The summed E-state index contributed by atoms with van der Waals surface area (Å²) >= 11 is 12.6. The first kappa shape index (κ1) is 29.3. The molecule has 0 N–H and O–H groups in total. The van der Waals surface area contributed by atoms with E-state index in [9.17, 15) is 12.6 Å². The molecule has 0 saturated carbocycles. The molecular formula is C32H36Cl2N2O3S2. The maximum Gasteiger partial charge on any atom is 0.242 e. The predicted molar refractivity (Wildman–Crippen MR) is 167 cm³/mol. The van der Waals surface area contributed by atoms with Crippen molar-refractivity contribution < 1.29 is 12.6 Å². The molecule has 0 amide bonds. The topological polar surface area (TPSA) is 57.7 Å². The summed E-state index contributed by atoms with van der Waals surface area (Å²) in [5, 5.41) is 0.968. The molecule has 1 saturated heterocycles. The lowest BCUT2D eigenvalue weighted by atomic mass is 9.74. The fourth-order valence-electron chi connectivity index (χ4n) is 6.89. The van der Waals surface area contributed by atoms with Gasteiger partial charge in [0.1, 0.15) is 0 Å². The highest BCUT2D eigenvalue weighted by Gasteiger charge is 2.44. The van der Waals surface area contributed by atoms with Crippen LogP contribution in [-0.4, -0.2) is 60.8 Å². The number of rotatable bonds is 8. The second-order valence-corrected chi connectivity index (χ2v) is 16.1. The Morgan fingerprint density at radius 3 is 2.51 bits per heavy atom. The number of nitrogens with zero attached hydrogens (tertiary/aromatic N) is 2. The van der Waals surface area contributed by atoms with Gasteiger partial charge in [0.25, 0.3) is 0 Å².